The SMILES string of the molecule is CC1(C)OB(c2cc3[nH]c2c2nc(c(-c4c(F)c(F)c(F)c(F)c4F)c4ccc([nH]4)c(-c4c(F)c(F)c(F)c(F)c4F)c4ccc([nH]4)c3-c3c(F)c(F)c(F)c(F)c3F)C=C2)OC1(C)C. The zero-order valence-electron chi connectivity index (χ0n) is 33.1. The van der Waals surface area contributed by atoms with E-state index >= 15 is 35.1 Å². The third-order valence-corrected chi connectivity index (χ3v) is 11.6. The maximum absolute atomic E-state index is 16.0. The Hall–Kier alpha value is -6.68. The lowest BCUT2D eigenvalue weighted by atomic mass is 9.79. The number of nitrogens with zero attached hydrogens (tertiary/aromatic N) is 1. The zero-order chi connectivity index (χ0) is 47.1. The largest absolute Gasteiger partial charge is 0.497 e. The predicted molar refractivity (Wildman–Crippen MR) is 207 cm³/mol. The molecule has 0 atom stereocenters. The lowest BCUT2D eigenvalue weighted by molar-refractivity contribution is 0.00578. The number of nitrogens with one attached hydrogen (secondary N) is 3. The van der Waals surface area contributed by atoms with E-state index in [4.69, 9.17) is 9.31 Å². The van der Waals surface area contributed by atoms with Crippen LogP contribution in [0.25, 0.3) is 78.6 Å². The van der Waals surface area contributed by atoms with Crippen molar-refractivity contribution in [1.29, 1.82) is 0 Å². The number of hydrogen-bond acceptors (Lipinski definition) is 3. The Morgan fingerprint density at radius 3 is 1.08 bits per heavy atom. The van der Waals surface area contributed by atoms with Crippen LogP contribution < -0.4 is 5.46 Å². The molecule has 2 aliphatic rings. The van der Waals surface area contributed by atoms with Crippen molar-refractivity contribution in [3.63, 3.8) is 0 Å². The third-order valence-electron chi connectivity index (χ3n) is 11.6. The molecule has 7 aromatic rings. The van der Waals surface area contributed by atoms with Crippen molar-refractivity contribution < 1.29 is 75.2 Å². The first-order chi connectivity index (χ1) is 30.5. The van der Waals surface area contributed by atoms with Gasteiger partial charge in [0.2, 0.25) is 17.5 Å². The molecule has 22 heteroatoms. The van der Waals surface area contributed by atoms with Crippen molar-refractivity contribution in [2.24, 2.45) is 0 Å². The van der Waals surface area contributed by atoms with E-state index in [1.807, 2.05) is 0 Å². The van der Waals surface area contributed by atoms with Gasteiger partial charge in [0, 0.05) is 49.7 Å². The van der Waals surface area contributed by atoms with Crippen molar-refractivity contribution in [3.05, 3.63) is 129 Å². The molecule has 9 rings (SSSR count). The van der Waals surface area contributed by atoms with Gasteiger partial charge in [0.25, 0.3) is 0 Å². The lowest BCUT2D eigenvalue weighted by Gasteiger charge is -2.32. The molecule has 3 aromatic carbocycles. The Labute approximate surface area is 353 Å². The minimum atomic E-state index is -2.61. The Morgan fingerprint density at radius 1 is 0.385 bits per heavy atom. The Bertz CT molecular complexity index is 3330. The fraction of sp³-hybridized carbons (Fsp3) is 0.140. The molecule has 0 spiro atoms. The van der Waals surface area contributed by atoms with Gasteiger partial charge in [-0.1, -0.05) is 0 Å². The molecule has 6 heterocycles. The fourth-order valence-corrected chi connectivity index (χ4v) is 7.69. The molecule has 8 bridgehead atoms. The van der Waals surface area contributed by atoms with Crippen LogP contribution in [-0.2, 0) is 9.31 Å². The van der Waals surface area contributed by atoms with E-state index in [-0.39, 0.29) is 16.7 Å². The second kappa shape index (κ2) is 14.7. The van der Waals surface area contributed by atoms with E-state index in [9.17, 15) is 30.7 Å². The first-order valence-electron chi connectivity index (χ1n) is 18.8. The highest BCUT2D eigenvalue weighted by molar-refractivity contribution is 6.65. The van der Waals surface area contributed by atoms with Crippen molar-refractivity contribution in [3.8, 4) is 33.4 Å². The smallest absolute Gasteiger partial charge is 0.399 e. The molecule has 65 heavy (non-hydrogen) atoms. The molecule has 1 saturated heterocycles. The summed E-state index contributed by atoms with van der Waals surface area (Å²) in [7, 11) is -1.46. The fourth-order valence-electron chi connectivity index (χ4n) is 7.69. The molecule has 334 valence electrons. The molecule has 0 aliphatic carbocycles. The summed E-state index contributed by atoms with van der Waals surface area (Å²) in [4.78, 5) is 12.1. The summed E-state index contributed by atoms with van der Waals surface area (Å²) in [5.74, 6) is -36.9. The van der Waals surface area contributed by atoms with E-state index in [1.54, 1.807) is 27.7 Å². The lowest BCUT2D eigenvalue weighted by Crippen LogP contribution is -2.41. The Kier molecular flexibility index (Phi) is 9.84. The van der Waals surface area contributed by atoms with Crippen molar-refractivity contribution in [2.75, 3.05) is 0 Å². The maximum Gasteiger partial charge on any atom is 0.497 e. The topological polar surface area (TPSA) is 78.7 Å². The van der Waals surface area contributed by atoms with Gasteiger partial charge in [0.15, 0.2) is 69.8 Å². The standard InChI is InChI=1S/C43H22BF15N4O2/c1-42(2)43(3,4)65-44(64-42)12-11-19-22(25-30(49)36(55)40(59)37(56)31(25)50)17-8-7-14(61-17)20(23-26(45)32(51)38(57)33(52)27(23)46)13-5-6-15(60-13)21(16-9-10-18(62-16)41(12)63-19)24-28(47)34(53)39(58)35(54)29(24)48/h5-11,60-61,63H,1-4H3. The van der Waals surface area contributed by atoms with E-state index in [0.717, 1.165) is 42.5 Å². The molecule has 0 unspecified atom stereocenters. The van der Waals surface area contributed by atoms with Gasteiger partial charge in [-0.3, -0.25) is 0 Å². The first kappa shape index (κ1) is 43.6. The quantitative estimate of drug-likeness (QED) is 0.0712. The van der Waals surface area contributed by atoms with Crippen LogP contribution in [0.5, 0.6) is 0 Å². The Morgan fingerprint density at radius 2 is 0.692 bits per heavy atom. The number of aromatic nitrogens is 4. The molecule has 2 aliphatic heterocycles. The number of hydrogen-bond donors (Lipinski definition) is 3. The van der Waals surface area contributed by atoms with Gasteiger partial charge in [-0.15, -0.1) is 0 Å². The highest BCUT2D eigenvalue weighted by Gasteiger charge is 2.52. The third kappa shape index (κ3) is 6.27. The highest BCUT2D eigenvalue weighted by atomic mass is 19.2. The second-order valence-electron chi connectivity index (χ2n) is 15.8. The Balaban J connectivity index is 1.56. The van der Waals surface area contributed by atoms with E-state index in [0.29, 0.717) is 0 Å². The molecule has 0 saturated carbocycles. The summed E-state index contributed by atoms with van der Waals surface area (Å²) in [6.07, 6.45) is 2.13. The molecule has 6 nitrogen and oxygen atoms in total. The normalized spacial score (nSPS) is 15.0. The van der Waals surface area contributed by atoms with E-state index in [2.05, 4.69) is 19.9 Å². The van der Waals surface area contributed by atoms with Crippen LogP contribution in [-0.4, -0.2) is 38.3 Å². The summed E-state index contributed by atoms with van der Waals surface area (Å²) in [5.41, 5.74) is -14.5. The van der Waals surface area contributed by atoms with Crippen LogP contribution >= 0.6 is 0 Å². The maximum atomic E-state index is 16.0. The van der Waals surface area contributed by atoms with Crippen LogP contribution in [0.4, 0.5) is 65.9 Å². The van der Waals surface area contributed by atoms with E-state index < -0.39 is 172 Å². The molecule has 0 radical (unpaired) electrons. The number of aromatic amines is 3. The summed E-state index contributed by atoms with van der Waals surface area (Å²) < 4.78 is 241. The van der Waals surface area contributed by atoms with Crippen molar-refractivity contribution >= 4 is 57.8 Å². The summed E-state index contributed by atoms with van der Waals surface area (Å²) in [6.45, 7) is 6.50. The number of halogens is 15. The predicted octanol–water partition coefficient (Wildman–Crippen LogP) is 12.1. The van der Waals surface area contributed by atoms with Gasteiger partial charge in [-0.2, -0.15) is 0 Å². The summed E-state index contributed by atoms with van der Waals surface area (Å²) >= 11 is 0. The van der Waals surface area contributed by atoms with Gasteiger partial charge in [-0.05, 0) is 70.2 Å². The van der Waals surface area contributed by atoms with Crippen molar-refractivity contribution in [1.82, 2.24) is 19.9 Å². The molecule has 1 fully saturated rings. The second-order valence-corrected chi connectivity index (χ2v) is 15.8. The molecule has 3 N–H and O–H groups in total. The average Bonchev–Trinajstić information content (AvgIpc) is 4.12. The molecular weight excluding hydrogens is 900 g/mol. The van der Waals surface area contributed by atoms with Crippen LogP contribution in [0, 0.1) is 87.3 Å². The van der Waals surface area contributed by atoms with Gasteiger partial charge < -0.3 is 24.3 Å². The molecule has 0 amide bonds. The molecular formula is C43H22BF15N4O2. The first-order valence-corrected chi connectivity index (χ1v) is 18.8. The minimum absolute atomic E-state index is 0.114. The monoisotopic (exact) mass is 922 g/mol. The van der Waals surface area contributed by atoms with Crippen molar-refractivity contribution in [2.45, 2.75) is 38.9 Å². The number of fused-ring (bicyclic) bond motifs is 9. The zero-order valence-corrected chi connectivity index (χ0v) is 33.1. The average molecular weight is 922 g/mol. The number of H-pyrrole nitrogens is 3. The highest BCUT2D eigenvalue weighted by Crippen LogP contribution is 2.43. The van der Waals surface area contributed by atoms with Gasteiger partial charge in [0.05, 0.1) is 44.8 Å². The van der Waals surface area contributed by atoms with E-state index in [1.165, 1.54) is 0 Å². The number of benzene rings is 3. The van der Waals surface area contributed by atoms with Gasteiger partial charge in [-0.25, -0.2) is 70.8 Å². The summed E-state index contributed by atoms with van der Waals surface area (Å²) in [6, 6.07) is 4.51. The van der Waals surface area contributed by atoms with Crippen LogP contribution in [0.1, 0.15) is 39.1 Å². The van der Waals surface area contributed by atoms with Gasteiger partial charge in [0.1, 0.15) is 0 Å². The summed E-state index contributed by atoms with van der Waals surface area (Å²) in [5, 5.41) is 0. The number of rotatable bonds is 4. The van der Waals surface area contributed by atoms with Crippen LogP contribution in [0.15, 0.2) is 30.3 Å². The molecule has 4 aromatic heterocycles. The minimum Gasteiger partial charge on any atom is -0.399 e. The van der Waals surface area contributed by atoms with Gasteiger partial charge >= 0.3 is 7.12 Å². The van der Waals surface area contributed by atoms with Crippen LogP contribution in [0.2, 0.25) is 0 Å². The van der Waals surface area contributed by atoms with Crippen LogP contribution in [0.3, 0.4) is 0 Å².